The van der Waals surface area contributed by atoms with Gasteiger partial charge in [0.1, 0.15) is 0 Å². The van der Waals surface area contributed by atoms with Crippen molar-refractivity contribution < 1.29 is 9.36 Å². The maximum absolute atomic E-state index is 14.7. The lowest BCUT2D eigenvalue weighted by Crippen LogP contribution is -2.34. The van der Waals surface area contributed by atoms with Crippen molar-refractivity contribution in [3.8, 4) is 0 Å². The van der Waals surface area contributed by atoms with Crippen molar-refractivity contribution in [2.24, 2.45) is 0 Å². The van der Waals surface area contributed by atoms with E-state index in [-0.39, 0.29) is 5.91 Å². The second kappa shape index (κ2) is 7.85. The highest BCUT2D eigenvalue weighted by atomic mass is 31.2. The largest absolute Gasteiger partial charge is 0.309 e. The van der Waals surface area contributed by atoms with Gasteiger partial charge < -0.3 is 4.57 Å². The average molecular weight is 401 g/mol. The molecule has 0 fully saturated rings. The molecule has 4 heteroatoms. The van der Waals surface area contributed by atoms with Crippen LogP contribution < -0.4 is 15.5 Å². The Morgan fingerprint density at radius 1 is 0.724 bits per heavy atom. The molecule has 0 radical (unpaired) electrons. The van der Waals surface area contributed by atoms with Crippen LogP contribution in [0.25, 0.3) is 0 Å². The van der Waals surface area contributed by atoms with Gasteiger partial charge in [0.25, 0.3) is 0 Å². The Morgan fingerprint density at radius 3 is 1.76 bits per heavy atom. The number of hydrogen-bond acceptors (Lipinski definition) is 2. The van der Waals surface area contributed by atoms with E-state index in [0.717, 1.165) is 32.9 Å². The second-order valence-electron chi connectivity index (χ2n) is 7.38. The van der Waals surface area contributed by atoms with Crippen LogP contribution >= 0.6 is 7.14 Å². The predicted molar refractivity (Wildman–Crippen MR) is 120 cm³/mol. The fourth-order valence-corrected chi connectivity index (χ4v) is 7.08. The smallest absolute Gasteiger partial charge is 0.231 e. The Labute approximate surface area is 172 Å². The quantitative estimate of drug-likeness (QED) is 0.552. The minimum Gasteiger partial charge on any atom is -0.309 e. The number of allylic oxidation sites excluding steroid dienone is 2. The van der Waals surface area contributed by atoms with Gasteiger partial charge in [0.2, 0.25) is 5.91 Å². The summed E-state index contributed by atoms with van der Waals surface area (Å²) in [5, 5.41) is 2.47. The van der Waals surface area contributed by atoms with Crippen molar-refractivity contribution in [2.75, 3.05) is 4.90 Å². The lowest BCUT2D eigenvalue weighted by molar-refractivity contribution is -0.118. The highest BCUT2D eigenvalue weighted by Crippen LogP contribution is 2.56. The van der Waals surface area contributed by atoms with Gasteiger partial charge in [-0.05, 0) is 32.4 Å². The minimum absolute atomic E-state index is 0.0442. The Hall–Kier alpha value is -2.90. The van der Waals surface area contributed by atoms with Crippen LogP contribution in [0, 0.1) is 6.92 Å². The lowest BCUT2D eigenvalue weighted by Gasteiger charge is -2.34. The van der Waals surface area contributed by atoms with Crippen LogP contribution in [0.3, 0.4) is 0 Å². The molecular formula is C25H24NO2P. The molecule has 0 spiro atoms. The molecule has 0 atom stereocenters. The molecule has 29 heavy (non-hydrogen) atoms. The molecule has 3 aromatic carbocycles. The molecule has 0 aromatic heterocycles. The first-order valence-electron chi connectivity index (χ1n) is 9.83. The number of nitrogens with zero attached hydrogens (tertiary/aromatic N) is 1. The number of anilines is 1. The van der Waals surface area contributed by atoms with Crippen LogP contribution in [0.1, 0.15) is 25.3 Å². The molecule has 3 aromatic rings. The number of benzene rings is 3. The maximum Gasteiger partial charge on any atom is 0.231 e. The fourth-order valence-electron chi connectivity index (χ4n) is 3.99. The maximum atomic E-state index is 14.7. The molecule has 146 valence electrons. The van der Waals surface area contributed by atoms with Gasteiger partial charge >= 0.3 is 0 Å². The van der Waals surface area contributed by atoms with Crippen molar-refractivity contribution in [3.63, 3.8) is 0 Å². The van der Waals surface area contributed by atoms with Crippen LogP contribution in [0.5, 0.6) is 0 Å². The first-order valence-corrected chi connectivity index (χ1v) is 11.5. The standard InChI is InChI=1S/C25H24NO2P/c1-19-13-15-21(16-14-19)26-20(2)24(17-18-25(26)27)29(28,22-9-5-3-6-10-22)23-11-7-4-8-12-23/h3-16H,17-18H2,1-2H3. The molecule has 1 aliphatic rings. The molecule has 3 nitrogen and oxygen atoms in total. The van der Waals surface area contributed by atoms with Crippen molar-refractivity contribution in [1.29, 1.82) is 0 Å². The van der Waals surface area contributed by atoms with E-state index < -0.39 is 7.14 Å². The molecule has 0 aliphatic carbocycles. The Balaban J connectivity index is 1.93. The summed E-state index contributed by atoms with van der Waals surface area (Å²) in [5.74, 6) is 0.0442. The summed E-state index contributed by atoms with van der Waals surface area (Å²) in [6.07, 6.45) is 0.859. The number of aryl methyl sites for hydroxylation is 1. The van der Waals surface area contributed by atoms with Gasteiger partial charge in [-0.2, -0.15) is 0 Å². The average Bonchev–Trinajstić information content (AvgIpc) is 2.76. The summed E-state index contributed by atoms with van der Waals surface area (Å²) < 4.78 is 14.7. The highest BCUT2D eigenvalue weighted by molar-refractivity contribution is 7.82. The van der Waals surface area contributed by atoms with Crippen molar-refractivity contribution in [1.82, 2.24) is 0 Å². The van der Waals surface area contributed by atoms with Gasteiger partial charge in [-0.25, -0.2) is 0 Å². The van der Waals surface area contributed by atoms with Gasteiger partial charge in [-0.1, -0.05) is 78.4 Å². The van der Waals surface area contributed by atoms with E-state index in [9.17, 15) is 9.36 Å². The van der Waals surface area contributed by atoms with Crippen LogP contribution in [0.2, 0.25) is 0 Å². The zero-order valence-electron chi connectivity index (χ0n) is 16.7. The third kappa shape index (κ3) is 3.47. The summed E-state index contributed by atoms with van der Waals surface area (Å²) in [7, 11) is -3.06. The lowest BCUT2D eigenvalue weighted by atomic mass is 10.1. The molecule has 0 bridgehead atoms. The molecule has 0 saturated carbocycles. The summed E-state index contributed by atoms with van der Waals surface area (Å²) in [5.41, 5.74) is 2.74. The number of hydrogen-bond donors (Lipinski definition) is 0. The summed E-state index contributed by atoms with van der Waals surface area (Å²) in [6.45, 7) is 3.94. The monoisotopic (exact) mass is 401 g/mol. The van der Waals surface area contributed by atoms with E-state index in [1.807, 2.05) is 98.8 Å². The molecule has 1 heterocycles. The van der Waals surface area contributed by atoms with Crippen LogP contribution in [-0.2, 0) is 9.36 Å². The topological polar surface area (TPSA) is 37.4 Å². The molecule has 0 saturated heterocycles. The second-order valence-corrected chi connectivity index (χ2v) is 10.2. The van der Waals surface area contributed by atoms with Crippen molar-refractivity contribution in [2.45, 2.75) is 26.7 Å². The summed E-state index contributed by atoms with van der Waals surface area (Å²) >= 11 is 0. The summed E-state index contributed by atoms with van der Waals surface area (Å²) in [6, 6.07) is 27.2. The van der Waals surface area contributed by atoms with E-state index in [0.29, 0.717) is 12.8 Å². The molecule has 4 rings (SSSR count). The Morgan fingerprint density at radius 2 is 1.24 bits per heavy atom. The number of carbonyl (C=O) groups excluding carboxylic acids is 1. The first kappa shape index (κ1) is 19.4. The minimum atomic E-state index is -3.06. The molecular weight excluding hydrogens is 377 g/mol. The van der Waals surface area contributed by atoms with Crippen LogP contribution in [0.4, 0.5) is 5.69 Å². The molecule has 1 aliphatic heterocycles. The van der Waals surface area contributed by atoms with Crippen molar-refractivity contribution in [3.05, 3.63) is 102 Å². The fraction of sp³-hybridized carbons (Fsp3) is 0.160. The third-order valence-electron chi connectivity index (χ3n) is 5.49. The number of rotatable bonds is 4. The zero-order valence-corrected chi connectivity index (χ0v) is 17.6. The van der Waals surface area contributed by atoms with Crippen LogP contribution in [-0.4, -0.2) is 5.91 Å². The zero-order chi connectivity index (χ0) is 20.4. The highest BCUT2D eigenvalue weighted by Gasteiger charge is 2.38. The van der Waals surface area contributed by atoms with Gasteiger partial charge in [-0.3, -0.25) is 9.69 Å². The Bertz CT molecular complexity index is 1060. The van der Waals surface area contributed by atoms with E-state index in [2.05, 4.69) is 0 Å². The number of carbonyl (C=O) groups is 1. The molecule has 1 amide bonds. The predicted octanol–water partition coefficient (Wildman–Crippen LogP) is 5.37. The van der Waals surface area contributed by atoms with Crippen molar-refractivity contribution >= 4 is 29.3 Å². The van der Waals surface area contributed by atoms with E-state index in [1.54, 1.807) is 4.90 Å². The molecule has 0 unspecified atom stereocenters. The van der Waals surface area contributed by atoms with E-state index in [4.69, 9.17) is 0 Å². The molecule has 0 N–H and O–H groups in total. The van der Waals surface area contributed by atoms with Gasteiger partial charge in [-0.15, -0.1) is 0 Å². The SMILES string of the molecule is CC1=C(P(=O)(c2ccccc2)c2ccccc2)CCC(=O)N1c1ccc(C)cc1. The third-order valence-corrected chi connectivity index (χ3v) is 8.85. The van der Waals surface area contributed by atoms with Gasteiger partial charge in [0.15, 0.2) is 7.14 Å². The first-order chi connectivity index (χ1) is 14.0. The van der Waals surface area contributed by atoms with Gasteiger partial charge in [0.05, 0.1) is 0 Å². The summed E-state index contributed by atoms with van der Waals surface area (Å²) in [4.78, 5) is 14.6. The van der Waals surface area contributed by atoms with E-state index in [1.165, 1.54) is 0 Å². The van der Waals surface area contributed by atoms with Gasteiger partial charge in [0, 0.05) is 33.7 Å². The normalized spacial score (nSPS) is 15.0. The number of amides is 1. The Kier molecular flexibility index (Phi) is 5.25. The van der Waals surface area contributed by atoms with Crippen LogP contribution in [0.15, 0.2) is 95.9 Å². The van der Waals surface area contributed by atoms with E-state index >= 15 is 0 Å².